The highest BCUT2D eigenvalue weighted by Crippen LogP contribution is 2.42. The van der Waals surface area contributed by atoms with Crippen molar-refractivity contribution in [1.82, 2.24) is 0 Å². The van der Waals surface area contributed by atoms with E-state index in [0.29, 0.717) is 17.2 Å². The normalized spacial score (nSPS) is 11.1. The van der Waals surface area contributed by atoms with Gasteiger partial charge in [0.2, 0.25) is 5.75 Å². The lowest BCUT2D eigenvalue weighted by Crippen LogP contribution is -2.29. The summed E-state index contributed by atoms with van der Waals surface area (Å²) < 4.78 is 15.8. The summed E-state index contributed by atoms with van der Waals surface area (Å²) >= 11 is 0. The first-order valence-corrected chi connectivity index (χ1v) is 5.04. The maximum atomic E-state index is 6.07. The fraction of sp³-hybridized carbons (Fsp3) is 0.500. The summed E-state index contributed by atoms with van der Waals surface area (Å²) in [6.45, 7) is 3.83. The van der Waals surface area contributed by atoms with Crippen molar-refractivity contribution in [3.63, 3.8) is 0 Å². The van der Waals surface area contributed by atoms with Gasteiger partial charge in [0.25, 0.3) is 0 Å². The first-order valence-electron chi connectivity index (χ1n) is 5.04. The maximum absolute atomic E-state index is 6.07. The topological polar surface area (TPSA) is 53.7 Å². The molecule has 4 nitrogen and oxygen atoms in total. The van der Waals surface area contributed by atoms with Crippen LogP contribution in [-0.4, -0.2) is 21.3 Å². The highest BCUT2D eigenvalue weighted by Gasteiger charge is 2.24. The van der Waals surface area contributed by atoms with Crippen molar-refractivity contribution in [1.29, 1.82) is 0 Å². The van der Waals surface area contributed by atoms with E-state index in [1.807, 2.05) is 26.0 Å². The molecule has 0 saturated heterocycles. The summed E-state index contributed by atoms with van der Waals surface area (Å²) in [4.78, 5) is 0. The number of rotatable bonds is 4. The lowest BCUT2D eigenvalue weighted by Gasteiger charge is -2.24. The van der Waals surface area contributed by atoms with E-state index < -0.39 is 5.54 Å². The monoisotopic (exact) mass is 225 g/mol. The lowest BCUT2D eigenvalue weighted by molar-refractivity contribution is 0.317. The Bertz CT molecular complexity index is 369. The highest BCUT2D eigenvalue weighted by molar-refractivity contribution is 5.57. The predicted octanol–water partition coefficient (Wildman–Crippen LogP) is 1.91. The molecule has 2 N–H and O–H groups in total. The minimum atomic E-state index is -0.495. The van der Waals surface area contributed by atoms with Gasteiger partial charge in [0.05, 0.1) is 21.3 Å². The van der Waals surface area contributed by atoms with Crippen LogP contribution in [-0.2, 0) is 5.54 Å². The fourth-order valence-corrected chi connectivity index (χ4v) is 1.61. The second kappa shape index (κ2) is 4.61. The summed E-state index contributed by atoms with van der Waals surface area (Å²) in [6, 6.07) is 3.71. The largest absolute Gasteiger partial charge is 0.493 e. The van der Waals surface area contributed by atoms with Crippen LogP contribution in [0.1, 0.15) is 19.4 Å². The van der Waals surface area contributed by atoms with E-state index in [9.17, 15) is 0 Å². The van der Waals surface area contributed by atoms with Crippen molar-refractivity contribution in [2.75, 3.05) is 21.3 Å². The Kier molecular flexibility index (Phi) is 3.65. The zero-order chi connectivity index (χ0) is 12.3. The third-order valence-electron chi connectivity index (χ3n) is 2.40. The number of methoxy groups -OCH3 is 3. The first-order chi connectivity index (χ1) is 7.45. The zero-order valence-electron chi connectivity index (χ0n) is 10.5. The molecule has 16 heavy (non-hydrogen) atoms. The minimum absolute atomic E-state index is 0.495. The number of benzene rings is 1. The van der Waals surface area contributed by atoms with E-state index in [0.717, 1.165) is 5.56 Å². The van der Waals surface area contributed by atoms with Crippen molar-refractivity contribution in [3.05, 3.63) is 17.7 Å². The molecule has 0 bridgehead atoms. The summed E-state index contributed by atoms with van der Waals surface area (Å²) in [5.74, 6) is 1.82. The quantitative estimate of drug-likeness (QED) is 0.850. The van der Waals surface area contributed by atoms with Crippen molar-refractivity contribution in [2.45, 2.75) is 19.4 Å². The molecule has 1 aromatic rings. The van der Waals surface area contributed by atoms with Gasteiger partial charge in [0.1, 0.15) is 0 Å². The van der Waals surface area contributed by atoms with Crippen molar-refractivity contribution in [2.24, 2.45) is 5.73 Å². The molecule has 0 unspecified atom stereocenters. The molecule has 0 aliphatic rings. The Balaban J connectivity index is 3.43. The van der Waals surface area contributed by atoms with Crippen molar-refractivity contribution >= 4 is 0 Å². The van der Waals surface area contributed by atoms with E-state index in [2.05, 4.69) is 0 Å². The van der Waals surface area contributed by atoms with Crippen molar-refractivity contribution < 1.29 is 14.2 Å². The Morgan fingerprint density at radius 3 is 1.88 bits per heavy atom. The lowest BCUT2D eigenvalue weighted by atomic mass is 9.94. The van der Waals surface area contributed by atoms with E-state index in [4.69, 9.17) is 19.9 Å². The SMILES string of the molecule is COc1ccc(C(C)(C)N)c(OC)c1OC. The molecule has 0 heterocycles. The molecule has 0 aliphatic heterocycles. The number of hydrogen-bond donors (Lipinski definition) is 1. The fourth-order valence-electron chi connectivity index (χ4n) is 1.61. The van der Waals surface area contributed by atoms with Crippen LogP contribution in [0.5, 0.6) is 17.2 Å². The molecule has 1 aromatic carbocycles. The molecule has 1 rings (SSSR count). The summed E-state index contributed by atoms with van der Waals surface area (Å²) in [6.07, 6.45) is 0. The summed E-state index contributed by atoms with van der Waals surface area (Å²) in [7, 11) is 4.75. The molecule has 0 aliphatic carbocycles. The van der Waals surface area contributed by atoms with Gasteiger partial charge in [0.15, 0.2) is 11.5 Å². The molecule has 0 radical (unpaired) electrons. The van der Waals surface area contributed by atoms with Crippen LogP contribution in [0.2, 0.25) is 0 Å². The summed E-state index contributed by atoms with van der Waals surface area (Å²) in [5, 5.41) is 0. The number of ether oxygens (including phenoxy) is 3. The molecule has 4 heteroatoms. The molecule has 0 aromatic heterocycles. The smallest absolute Gasteiger partial charge is 0.203 e. The van der Waals surface area contributed by atoms with Gasteiger partial charge in [-0.25, -0.2) is 0 Å². The van der Waals surface area contributed by atoms with Gasteiger partial charge in [-0.3, -0.25) is 0 Å². The van der Waals surface area contributed by atoms with Crippen LogP contribution in [0, 0.1) is 0 Å². The van der Waals surface area contributed by atoms with E-state index in [-0.39, 0.29) is 0 Å². The Labute approximate surface area is 96.3 Å². The second-order valence-electron chi connectivity index (χ2n) is 4.10. The number of nitrogens with two attached hydrogens (primary N) is 1. The van der Waals surface area contributed by atoms with Gasteiger partial charge in [-0.15, -0.1) is 0 Å². The number of hydrogen-bond acceptors (Lipinski definition) is 4. The van der Waals surface area contributed by atoms with E-state index in [1.165, 1.54) is 0 Å². The Morgan fingerprint density at radius 2 is 1.50 bits per heavy atom. The van der Waals surface area contributed by atoms with Gasteiger partial charge < -0.3 is 19.9 Å². The molecule has 0 atom stereocenters. The van der Waals surface area contributed by atoms with Crippen LogP contribution in [0.4, 0.5) is 0 Å². The Hall–Kier alpha value is -1.42. The van der Waals surface area contributed by atoms with Crippen LogP contribution in [0.25, 0.3) is 0 Å². The van der Waals surface area contributed by atoms with Gasteiger partial charge in [0, 0.05) is 11.1 Å². The van der Waals surface area contributed by atoms with Gasteiger partial charge in [-0.2, -0.15) is 0 Å². The summed E-state index contributed by atoms with van der Waals surface area (Å²) in [5.41, 5.74) is 6.46. The zero-order valence-corrected chi connectivity index (χ0v) is 10.5. The molecule has 0 amide bonds. The van der Waals surface area contributed by atoms with Crippen molar-refractivity contribution in [3.8, 4) is 17.2 Å². The van der Waals surface area contributed by atoms with Gasteiger partial charge >= 0.3 is 0 Å². The van der Waals surface area contributed by atoms with E-state index >= 15 is 0 Å². The third-order valence-corrected chi connectivity index (χ3v) is 2.40. The first kappa shape index (κ1) is 12.6. The van der Waals surface area contributed by atoms with Crippen LogP contribution < -0.4 is 19.9 Å². The van der Waals surface area contributed by atoms with Crippen LogP contribution in [0.3, 0.4) is 0 Å². The molecule has 90 valence electrons. The third kappa shape index (κ3) is 2.22. The Morgan fingerprint density at radius 1 is 0.938 bits per heavy atom. The van der Waals surface area contributed by atoms with Crippen LogP contribution >= 0.6 is 0 Å². The van der Waals surface area contributed by atoms with Gasteiger partial charge in [-0.1, -0.05) is 0 Å². The maximum Gasteiger partial charge on any atom is 0.203 e. The standard InChI is InChI=1S/C12H19NO3/c1-12(2,13)8-6-7-9(14-3)11(16-5)10(8)15-4/h6-7H,13H2,1-5H3. The molecular weight excluding hydrogens is 206 g/mol. The average Bonchev–Trinajstić information content (AvgIpc) is 2.25. The molecular formula is C12H19NO3. The van der Waals surface area contributed by atoms with Crippen LogP contribution in [0.15, 0.2) is 12.1 Å². The second-order valence-corrected chi connectivity index (χ2v) is 4.10. The van der Waals surface area contributed by atoms with Gasteiger partial charge in [-0.05, 0) is 26.0 Å². The molecule has 0 spiro atoms. The average molecular weight is 225 g/mol. The highest BCUT2D eigenvalue weighted by atomic mass is 16.5. The molecule has 0 saturated carbocycles. The molecule has 0 fully saturated rings. The predicted molar refractivity (Wildman–Crippen MR) is 63.3 cm³/mol. The van der Waals surface area contributed by atoms with E-state index in [1.54, 1.807) is 21.3 Å². The minimum Gasteiger partial charge on any atom is -0.493 e.